The summed E-state index contributed by atoms with van der Waals surface area (Å²) >= 11 is 7.48. The van der Waals surface area contributed by atoms with Crippen molar-refractivity contribution >= 4 is 28.6 Å². The Hall–Kier alpha value is -1.23. The topological polar surface area (TPSA) is 30.5 Å². The van der Waals surface area contributed by atoms with Crippen molar-refractivity contribution in [2.24, 2.45) is 0 Å². The quantitative estimate of drug-likeness (QED) is 0.783. The van der Waals surface area contributed by atoms with Crippen molar-refractivity contribution in [3.05, 3.63) is 45.6 Å². The summed E-state index contributed by atoms with van der Waals surface area (Å²) in [6.07, 6.45) is 0. The largest absolute Gasteiger partial charge is 0.491 e. The first-order chi connectivity index (χ1) is 9.28. The highest BCUT2D eigenvalue weighted by Gasteiger charge is 2.00. The third-order valence-corrected chi connectivity index (χ3v) is 3.72. The average molecular weight is 298 g/mol. The first kappa shape index (κ1) is 14.2. The van der Waals surface area contributed by atoms with Crippen LogP contribution in [0.2, 0.25) is 4.34 Å². The minimum Gasteiger partial charge on any atom is -0.491 e. The van der Waals surface area contributed by atoms with Crippen LogP contribution in [0.25, 0.3) is 0 Å². The molecule has 0 saturated carbocycles. The van der Waals surface area contributed by atoms with E-state index in [2.05, 4.69) is 5.32 Å². The van der Waals surface area contributed by atoms with Crippen LogP contribution in [-0.2, 0) is 11.3 Å². The van der Waals surface area contributed by atoms with Gasteiger partial charge >= 0.3 is 0 Å². The number of hydrogen-bond acceptors (Lipinski definition) is 4. The maximum Gasteiger partial charge on any atom is 0.121 e. The third kappa shape index (κ3) is 4.74. The second kappa shape index (κ2) is 7.38. The molecule has 0 spiro atoms. The second-order valence-corrected chi connectivity index (χ2v) is 5.73. The lowest BCUT2D eigenvalue weighted by atomic mass is 10.3. The van der Waals surface area contributed by atoms with E-state index < -0.39 is 0 Å². The molecule has 2 rings (SSSR count). The maximum atomic E-state index is 5.90. The number of hydrogen-bond donors (Lipinski definition) is 1. The monoisotopic (exact) mass is 297 g/mol. The average Bonchev–Trinajstić information content (AvgIpc) is 2.83. The van der Waals surface area contributed by atoms with Crippen molar-refractivity contribution in [1.29, 1.82) is 0 Å². The molecular weight excluding hydrogens is 282 g/mol. The van der Waals surface area contributed by atoms with Crippen LogP contribution in [0.4, 0.5) is 5.69 Å². The van der Waals surface area contributed by atoms with E-state index in [1.54, 1.807) is 18.4 Å². The molecule has 1 N–H and O–H groups in total. The van der Waals surface area contributed by atoms with Crippen LogP contribution in [0.3, 0.4) is 0 Å². The van der Waals surface area contributed by atoms with Gasteiger partial charge in [-0.05, 0) is 24.3 Å². The van der Waals surface area contributed by atoms with Gasteiger partial charge in [0, 0.05) is 30.3 Å². The van der Waals surface area contributed by atoms with Gasteiger partial charge in [-0.15, -0.1) is 11.3 Å². The molecule has 0 aliphatic carbocycles. The molecule has 102 valence electrons. The summed E-state index contributed by atoms with van der Waals surface area (Å²) < 4.78 is 11.3. The van der Waals surface area contributed by atoms with Crippen LogP contribution in [0.5, 0.6) is 5.75 Å². The van der Waals surface area contributed by atoms with Crippen LogP contribution in [0.15, 0.2) is 36.4 Å². The van der Waals surface area contributed by atoms with Gasteiger partial charge in [-0.3, -0.25) is 0 Å². The maximum absolute atomic E-state index is 5.90. The fourth-order valence-electron chi connectivity index (χ4n) is 1.57. The van der Waals surface area contributed by atoms with Gasteiger partial charge in [-0.2, -0.15) is 0 Å². The number of halogens is 1. The second-order valence-electron chi connectivity index (χ2n) is 3.93. The number of anilines is 1. The molecule has 0 radical (unpaired) electrons. The van der Waals surface area contributed by atoms with Crippen LogP contribution >= 0.6 is 22.9 Å². The first-order valence-corrected chi connectivity index (χ1v) is 7.17. The van der Waals surface area contributed by atoms with Gasteiger partial charge in [0.1, 0.15) is 12.4 Å². The number of methoxy groups -OCH3 is 1. The van der Waals surface area contributed by atoms with Crippen LogP contribution in [0.1, 0.15) is 4.88 Å². The molecule has 0 unspecified atom stereocenters. The Morgan fingerprint density at radius 2 is 2.11 bits per heavy atom. The summed E-state index contributed by atoms with van der Waals surface area (Å²) in [6, 6.07) is 11.8. The van der Waals surface area contributed by atoms with Crippen molar-refractivity contribution in [1.82, 2.24) is 0 Å². The van der Waals surface area contributed by atoms with E-state index in [0.29, 0.717) is 13.2 Å². The predicted octanol–water partition coefficient (Wildman–Crippen LogP) is 4.04. The zero-order valence-corrected chi connectivity index (χ0v) is 12.3. The summed E-state index contributed by atoms with van der Waals surface area (Å²) in [5.74, 6) is 0.839. The van der Waals surface area contributed by atoms with Gasteiger partial charge in [0.15, 0.2) is 0 Å². The van der Waals surface area contributed by atoms with E-state index in [-0.39, 0.29) is 0 Å². The van der Waals surface area contributed by atoms with Crippen molar-refractivity contribution in [3.63, 3.8) is 0 Å². The molecule has 0 bridgehead atoms. The van der Waals surface area contributed by atoms with Gasteiger partial charge in [0.05, 0.1) is 10.9 Å². The van der Waals surface area contributed by atoms with Crippen molar-refractivity contribution in [3.8, 4) is 5.75 Å². The number of rotatable bonds is 7. The lowest BCUT2D eigenvalue weighted by molar-refractivity contribution is 0.146. The number of benzene rings is 1. The fourth-order valence-corrected chi connectivity index (χ4v) is 2.60. The number of thiophene rings is 1. The Labute approximate surface area is 122 Å². The van der Waals surface area contributed by atoms with Crippen LogP contribution in [0, 0.1) is 0 Å². The van der Waals surface area contributed by atoms with Crippen LogP contribution in [-0.4, -0.2) is 20.3 Å². The minimum atomic E-state index is 0.556. The number of ether oxygens (including phenoxy) is 2. The molecule has 3 nitrogen and oxygen atoms in total. The molecule has 1 heterocycles. The highest BCUT2D eigenvalue weighted by molar-refractivity contribution is 7.16. The standard InChI is InChI=1S/C14H16ClNO2S/c1-17-7-8-18-12-4-2-3-11(9-12)16-10-13-5-6-14(15)19-13/h2-6,9,16H,7-8,10H2,1H3. The molecule has 0 saturated heterocycles. The van der Waals surface area contributed by atoms with Gasteiger partial charge < -0.3 is 14.8 Å². The molecular formula is C14H16ClNO2S. The molecule has 0 aliphatic heterocycles. The van der Waals surface area contributed by atoms with Gasteiger partial charge in [0.25, 0.3) is 0 Å². The summed E-state index contributed by atoms with van der Waals surface area (Å²) in [5, 5.41) is 3.35. The molecule has 0 amide bonds. The van der Waals surface area contributed by atoms with Crippen LogP contribution < -0.4 is 10.1 Å². The highest BCUT2D eigenvalue weighted by atomic mass is 35.5. The van der Waals surface area contributed by atoms with Gasteiger partial charge in [0.2, 0.25) is 0 Å². The highest BCUT2D eigenvalue weighted by Crippen LogP contribution is 2.23. The van der Waals surface area contributed by atoms with Gasteiger partial charge in [-0.1, -0.05) is 17.7 Å². The van der Waals surface area contributed by atoms with Crippen molar-refractivity contribution in [2.75, 3.05) is 25.6 Å². The zero-order valence-electron chi connectivity index (χ0n) is 10.7. The minimum absolute atomic E-state index is 0.556. The Kier molecular flexibility index (Phi) is 5.51. The van der Waals surface area contributed by atoms with E-state index in [4.69, 9.17) is 21.1 Å². The van der Waals surface area contributed by atoms with Crippen molar-refractivity contribution < 1.29 is 9.47 Å². The third-order valence-electron chi connectivity index (χ3n) is 2.49. The Morgan fingerprint density at radius 1 is 1.21 bits per heavy atom. The Morgan fingerprint density at radius 3 is 2.84 bits per heavy atom. The lowest BCUT2D eigenvalue weighted by Crippen LogP contribution is -2.04. The normalized spacial score (nSPS) is 10.4. The Bertz CT molecular complexity index is 516. The van der Waals surface area contributed by atoms with E-state index in [0.717, 1.165) is 22.3 Å². The lowest BCUT2D eigenvalue weighted by Gasteiger charge is -2.09. The molecule has 5 heteroatoms. The van der Waals surface area contributed by atoms with Crippen molar-refractivity contribution in [2.45, 2.75) is 6.54 Å². The predicted molar refractivity (Wildman–Crippen MR) is 80.5 cm³/mol. The molecule has 1 aromatic heterocycles. The molecule has 1 aromatic carbocycles. The molecule has 19 heavy (non-hydrogen) atoms. The summed E-state index contributed by atoms with van der Waals surface area (Å²) in [7, 11) is 1.66. The molecule has 0 aliphatic rings. The molecule has 2 aromatic rings. The summed E-state index contributed by atoms with van der Waals surface area (Å²) in [4.78, 5) is 1.20. The summed E-state index contributed by atoms with van der Waals surface area (Å²) in [6.45, 7) is 1.91. The van der Waals surface area contributed by atoms with E-state index >= 15 is 0 Å². The number of nitrogens with one attached hydrogen (secondary N) is 1. The first-order valence-electron chi connectivity index (χ1n) is 5.98. The van der Waals surface area contributed by atoms with E-state index in [1.165, 1.54) is 4.88 Å². The Balaban J connectivity index is 1.87. The smallest absolute Gasteiger partial charge is 0.121 e. The molecule has 0 fully saturated rings. The van der Waals surface area contributed by atoms with E-state index in [1.807, 2.05) is 36.4 Å². The summed E-state index contributed by atoms with van der Waals surface area (Å²) in [5.41, 5.74) is 1.03. The fraction of sp³-hybridized carbons (Fsp3) is 0.286. The zero-order chi connectivity index (χ0) is 13.5. The van der Waals surface area contributed by atoms with E-state index in [9.17, 15) is 0 Å². The molecule has 0 atom stereocenters. The van der Waals surface area contributed by atoms with Gasteiger partial charge in [-0.25, -0.2) is 0 Å². The SMILES string of the molecule is COCCOc1cccc(NCc2ccc(Cl)s2)c1.